The van der Waals surface area contributed by atoms with Crippen LogP contribution in [0.5, 0.6) is 11.5 Å². The fourth-order valence-corrected chi connectivity index (χ4v) is 2.17. The van der Waals surface area contributed by atoms with Gasteiger partial charge in [0.25, 0.3) is 0 Å². The maximum Gasteiger partial charge on any atom is 0.139 e. The number of aliphatic hydroxyl groups is 1. The van der Waals surface area contributed by atoms with Crippen LogP contribution in [0.3, 0.4) is 0 Å². The molecule has 0 bridgehead atoms. The predicted octanol–water partition coefficient (Wildman–Crippen LogP) is 2.95. The Hall–Kier alpha value is -2.04. The third kappa shape index (κ3) is 3.10. The van der Waals surface area contributed by atoms with Crippen LogP contribution in [-0.2, 0) is 6.42 Å². The smallest absolute Gasteiger partial charge is 0.139 e. The van der Waals surface area contributed by atoms with Crippen molar-refractivity contribution in [2.45, 2.75) is 6.42 Å². The van der Waals surface area contributed by atoms with Gasteiger partial charge < -0.3 is 15.6 Å². The van der Waals surface area contributed by atoms with Gasteiger partial charge in [0.05, 0.1) is 10.6 Å². The van der Waals surface area contributed by atoms with Crippen LogP contribution in [-0.4, -0.2) is 17.5 Å². The molecule has 2 aromatic rings. The first-order chi connectivity index (χ1) is 9.63. The van der Waals surface area contributed by atoms with Gasteiger partial charge in [-0.1, -0.05) is 35.9 Å². The molecule has 0 aliphatic rings. The molecule has 104 valence electrons. The van der Waals surface area contributed by atoms with Crippen molar-refractivity contribution in [1.82, 2.24) is 0 Å². The van der Waals surface area contributed by atoms with Crippen LogP contribution in [0.4, 0.5) is 0 Å². The van der Waals surface area contributed by atoms with Crippen LogP contribution in [0.2, 0.25) is 5.02 Å². The molecule has 0 unspecified atom stereocenters. The highest BCUT2D eigenvalue weighted by Crippen LogP contribution is 2.31. The van der Waals surface area contributed by atoms with E-state index in [1.807, 2.05) is 18.2 Å². The third-order valence-electron chi connectivity index (χ3n) is 2.82. The van der Waals surface area contributed by atoms with Gasteiger partial charge in [0.2, 0.25) is 0 Å². The Kier molecular flexibility index (Phi) is 4.61. The van der Waals surface area contributed by atoms with Crippen LogP contribution in [0.25, 0.3) is 0 Å². The molecule has 0 spiro atoms. The lowest BCUT2D eigenvalue weighted by Crippen LogP contribution is -2.13. The summed E-state index contributed by atoms with van der Waals surface area (Å²) in [5, 5.41) is 17.0. The molecule has 0 aliphatic heterocycles. The molecule has 4 nitrogen and oxygen atoms in total. The van der Waals surface area contributed by atoms with E-state index in [1.165, 1.54) is 0 Å². The van der Waals surface area contributed by atoms with E-state index in [0.717, 1.165) is 5.56 Å². The summed E-state index contributed by atoms with van der Waals surface area (Å²) in [5.74, 6) is 0.895. The van der Waals surface area contributed by atoms with Crippen molar-refractivity contribution in [1.29, 1.82) is 5.41 Å². The van der Waals surface area contributed by atoms with Crippen LogP contribution in [0.15, 0.2) is 42.5 Å². The fraction of sp³-hybridized carbons (Fsp3) is 0.133. The summed E-state index contributed by atoms with van der Waals surface area (Å²) < 4.78 is 5.82. The number of amidine groups is 1. The SMILES string of the molecule is N=C(N)c1c(Cl)cccc1Oc1ccccc1CCO. The average molecular weight is 291 g/mol. The number of ether oxygens (including phenoxy) is 1. The summed E-state index contributed by atoms with van der Waals surface area (Å²) >= 11 is 6.05. The Labute approximate surface area is 122 Å². The van der Waals surface area contributed by atoms with E-state index < -0.39 is 0 Å². The van der Waals surface area contributed by atoms with Gasteiger partial charge in [0.1, 0.15) is 17.3 Å². The molecule has 0 atom stereocenters. The van der Waals surface area contributed by atoms with Crippen molar-refractivity contribution < 1.29 is 9.84 Å². The summed E-state index contributed by atoms with van der Waals surface area (Å²) in [6.45, 7) is 0.0372. The fourth-order valence-electron chi connectivity index (χ4n) is 1.90. The van der Waals surface area contributed by atoms with Gasteiger partial charge in [-0.2, -0.15) is 0 Å². The Morgan fingerprint density at radius 1 is 1.15 bits per heavy atom. The molecular weight excluding hydrogens is 276 g/mol. The van der Waals surface area contributed by atoms with Gasteiger partial charge in [-0.05, 0) is 30.2 Å². The molecule has 0 aliphatic carbocycles. The zero-order valence-electron chi connectivity index (χ0n) is 10.8. The van der Waals surface area contributed by atoms with Crippen LogP contribution in [0, 0.1) is 5.41 Å². The lowest BCUT2D eigenvalue weighted by molar-refractivity contribution is 0.298. The van der Waals surface area contributed by atoms with Crippen molar-refractivity contribution in [3.63, 3.8) is 0 Å². The molecule has 0 amide bonds. The Balaban J connectivity index is 2.40. The van der Waals surface area contributed by atoms with Gasteiger partial charge in [-0.15, -0.1) is 0 Å². The van der Waals surface area contributed by atoms with E-state index in [9.17, 15) is 0 Å². The number of hydrogen-bond acceptors (Lipinski definition) is 3. The number of nitrogens with one attached hydrogen (secondary N) is 1. The van der Waals surface area contributed by atoms with Gasteiger partial charge in [-0.25, -0.2) is 0 Å². The predicted molar refractivity (Wildman–Crippen MR) is 79.8 cm³/mol. The number of para-hydroxylation sites is 1. The number of nitrogen functional groups attached to an aromatic ring is 1. The van der Waals surface area contributed by atoms with Crippen molar-refractivity contribution in [3.8, 4) is 11.5 Å². The maximum atomic E-state index is 9.07. The highest BCUT2D eigenvalue weighted by Gasteiger charge is 2.13. The first-order valence-corrected chi connectivity index (χ1v) is 6.51. The van der Waals surface area contributed by atoms with Crippen LogP contribution < -0.4 is 10.5 Å². The molecule has 0 saturated heterocycles. The molecule has 20 heavy (non-hydrogen) atoms. The normalized spacial score (nSPS) is 10.3. The zero-order chi connectivity index (χ0) is 14.5. The van der Waals surface area contributed by atoms with E-state index in [1.54, 1.807) is 24.3 Å². The quantitative estimate of drug-likeness (QED) is 0.585. The van der Waals surface area contributed by atoms with Gasteiger partial charge in [0, 0.05) is 6.61 Å². The van der Waals surface area contributed by atoms with Crippen LogP contribution in [0.1, 0.15) is 11.1 Å². The van der Waals surface area contributed by atoms with Crippen molar-refractivity contribution >= 4 is 17.4 Å². The number of benzene rings is 2. The summed E-state index contributed by atoms with van der Waals surface area (Å²) in [7, 11) is 0. The number of aliphatic hydroxyl groups excluding tert-OH is 1. The van der Waals surface area contributed by atoms with E-state index in [2.05, 4.69) is 0 Å². The number of rotatable bonds is 5. The largest absolute Gasteiger partial charge is 0.456 e. The van der Waals surface area contributed by atoms with Crippen molar-refractivity contribution in [3.05, 3.63) is 58.6 Å². The molecule has 4 N–H and O–H groups in total. The number of nitrogens with two attached hydrogens (primary N) is 1. The molecule has 0 heterocycles. The minimum Gasteiger partial charge on any atom is -0.456 e. The van der Waals surface area contributed by atoms with E-state index in [-0.39, 0.29) is 12.4 Å². The molecule has 2 rings (SSSR count). The van der Waals surface area contributed by atoms with E-state index in [0.29, 0.717) is 28.5 Å². The molecule has 0 fully saturated rings. The molecule has 0 aromatic heterocycles. The molecule has 2 aromatic carbocycles. The second-order valence-corrected chi connectivity index (χ2v) is 4.62. The Morgan fingerprint density at radius 3 is 2.55 bits per heavy atom. The summed E-state index contributed by atoms with van der Waals surface area (Å²) in [5.41, 5.74) is 6.79. The lowest BCUT2D eigenvalue weighted by atomic mass is 10.1. The maximum absolute atomic E-state index is 9.07. The summed E-state index contributed by atoms with van der Waals surface area (Å²) in [4.78, 5) is 0. The van der Waals surface area contributed by atoms with Gasteiger partial charge in [0.15, 0.2) is 0 Å². The first-order valence-electron chi connectivity index (χ1n) is 6.13. The minimum absolute atomic E-state index is 0.0372. The minimum atomic E-state index is -0.148. The van der Waals surface area contributed by atoms with Gasteiger partial charge >= 0.3 is 0 Å². The standard InChI is InChI=1S/C15H15ClN2O2/c16-11-5-3-7-13(14(11)15(17)18)20-12-6-2-1-4-10(12)8-9-19/h1-7,19H,8-9H2,(H3,17,18). The third-order valence-corrected chi connectivity index (χ3v) is 3.13. The highest BCUT2D eigenvalue weighted by molar-refractivity contribution is 6.34. The Morgan fingerprint density at radius 2 is 1.85 bits per heavy atom. The van der Waals surface area contributed by atoms with Crippen molar-refractivity contribution in [2.75, 3.05) is 6.61 Å². The molecule has 0 saturated carbocycles. The van der Waals surface area contributed by atoms with Crippen molar-refractivity contribution in [2.24, 2.45) is 5.73 Å². The van der Waals surface area contributed by atoms with E-state index in [4.69, 9.17) is 32.6 Å². The first kappa shape index (κ1) is 14.4. The summed E-state index contributed by atoms with van der Waals surface area (Å²) in [6.07, 6.45) is 0.492. The second kappa shape index (κ2) is 6.41. The number of halogens is 1. The summed E-state index contributed by atoms with van der Waals surface area (Å²) in [6, 6.07) is 12.5. The molecular formula is C15H15ClN2O2. The zero-order valence-corrected chi connectivity index (χ0v) is 11.5. The Bertz CT molecular complexity index is 629. The monoisotopic (exact) mass is 290 g/mol. The topological polar surface area (TPSA) is 79.3 Å². The van der Waals surface area contributed by atoms with E-state index >= 15 is 0 Å². The number of hydrogen-bond donors (Lipinski definition) is 3. The molecule has 5 heteroatoms. The molecule has 0 radical (unpaired) electrons. The lowest BCUT2D eigenvalue weighted by Gasteiger charge is -2.14. The highest BCUT2D eigenvalue weighted by atomic mass is 35.5. The van der Waals surface area contributed by atoms with Crippen LogP contribution >= 0.6 is 11.6 Å². The second-order valence-electron chi connectivity index (χ2n) is 4.21. The van der Waals surface area contributed by atoms with Gasteiger partial charge in [-0.3, -0.25) is 5.41 Å². The average Bonchev–Trinajstić information content (AvgIpc) is 2.41.